The van der Waals surface area contributed by atoms with Gasteiger partial charge in [-0.15, -0.1) is 0 Å². The van der Waals surface area contributed by atoms with Crippen molar-refractivity contribution in [2.24, 2.45) is 0 Å². The fraction of sp³-hybridized carbons (Fsp3) is 0.643. The lowest BCUT2D eigenvalue weighted by Crippen LogP contribution is -2.41. The van der Waals surface area contributed by atoms with E-state index in [2.05, 4.69) is 20.5 Å². The van der Waals surface area contributed by atoms with Crippen LogP contribution < -0.4 is 10.6 Å². The lowest BCUT2D eigenvalue weighted by atomic mass is 9.99. The second-order valence-corrected chi connectivity index (χ2v) is 6.35. The molecule has 110 valence electrons. The van der Waals surface area contributed by atoms with Gasteiger partial charge in [0, 0.05) is 25.7 Å². The summed E-state index contributed by atoms with van der Waals surface area (Å²) in [5.41, 5.74) is 0. The summed E-state index contributed by atoms with van der Waals surface area (Å²) in [5.74, 6) is 1.40. The topological polar surface area (TPSA) is 40.2 Å². The van der Waals surface area contributed by atoms with Crippen LogP contribution in [0.1, 0.15) is 25.7 Å². The fourth-order valence-electron chi connectivity index (χ4n) is 3.33. The van der Waals surface area contributed by atoms with E-state index in [-0.39, 0.29) is 0 Å². The average molecular weight is 315 g/mol. The first-order valence-corrected chi connectivity index (χ1v) is 7.99. The number of hydrogen-bond donors (Lipinski definition) is 2. The van der Waals surface area contributed by atoms with E-state index in [0.29, 0.717) is 27.9 Å². The first-order chi connectivity index (χ1) is 9.69. The highest BCUT2D eigenvalue weighted by Gasteiger charge is 2.35. The van der Waals surface area contributed by atoms with Gasteiger partial charge in [0.1, 0.15) is 11.6 Å². The summed E-state index contributed by atoms with van der Waals surface area (Å²) in [4.78, 5) is 7.07. The third kappa shape index (κ3) is 2.69. The molecule has 4 nitrogen and oxygen atoms in total. The van der Waals surface area contributed by atoms with Gasteiger partial charge in [-0.1, -0.05) is 29.6 Å². The molecule has 2 N–H and O–H groups in total. The minimum Gasteiger partial charge on any atom is -0.372 e. The van der Waals surface area contributed by atoms with Crippen molar-refractivity contribution in [2.45, 2.75) is 37.8 Å². The van der Waals surface area contributed by atoms with Crippen LogP contribution in [0.5, 0.6) is 0 Å². The molecule has 1 aromatic heterocycles. The Bertz CT molecular complexity index is 494. The molecule has 0 bridgehead atoms. The maximum Gasteiger partial charge on any atom is 0.147 e. The summed E-state index contributed by atoms with van der Waals surface area (Å²) in [6.07, 6.45) is 5.07. The van der Waals surface area contributed by atoms with Gasteiger partial charge >= 0.3 is 0 Å². The number of rotatable bonds is 3. The van der Waals surface area contributed by atoms with Gasteiger partial charge in [0.05, 0.1) is 10.0 Å². The first kappa shape index (κ1) is 14.2. The van der Waals surface area contributed by atoms with E-state index in [1.54, 1.807) is 6.07 Å². The molecule has 0 amide bonds. The van der Waals surface area contributed by atoms with Crippen molar-refractivity contribution in [3.05, 3.63) is 16.1 Å². The summed E-state index contributed by atoms with van der Waals surface area (Å²) < 4.78 is 0. The molecule has 2 fully saturated rings. The smallest absolute Gasteiger partial charge is 0.147 e. The second-order valence-electron chi connectivity index (χ2n) is 5.54. The number of nitrogens with one attached hydrogen (secondary N) is 2. The minimum absolute atomic E-state index is 0.436. The van der Waals surface area contributed by atoms with Gasteiger partial charge < -0.3 is 10.6 Å². The molecule has 0 saturated carbocycles. The van der Waals surface area contributed by atoms with Crippen molar-refractivity contribution < 1.29 is 0 Å². The molecule has 0 spiro atoms. The standard InChI is InChI=1S/C14H20Cl2N4/c1-17-13-9(15)8-10(16)14(19-13)18-11-5-7-20-6-3-2-4-12(11)20/h8,11-12H,2-7H2,1H3,(H2,17,18,19). The molecule has 3 heterocycles. The van der Waals surface area contributed by atoms with Crippen molar-refractivity contribution in [3.8, 4) is 0 Å². The number of fused-ring (bicyclic) bond motifs is 1. The van der Waals surface area contributed by atoms with Crippen LogP contribution in [-0.2, 0) is 0 Å². The SMILES string of the molecule is CNc1nc(NC2CCN3CCCCC23)c(Cl)cc1Cl. The lowest BCUT2D eigenvalue weighted by Gasteiger charge is -2.32. The van der Waals surface area contributed by atoms with E-state index in [1.807, 2.05) is 7.05 Å². The highest BCUT2D eigenvalue weighted by atomic mass is 35.5. The van der Waals surface area contributed by atoms with E-state index in [0.717, 1.165) is 12.2 Å². The maximum atomic E-state index is 6.26. The first-order valence-electron chi connectivity index (χ1n) is 7.23. The van der Waals surface area contributed by atoms with Gasteiger partial charge in [-0.2, -0.15) is 0 Å². The Hall–Kier alpha value is -0.710. The van der Waals surface area contributed by atoms with Crippen molar-refractivity contribution >= 4 is 34.8 Å². The Labute approximate surface area is 129 Å². The van der Waals surface area contributed by atoms with Gasteiger partial charge in [-0.25, -0.2) is 4.98 Å². The fourth-order valence-corrected chi connectivity index (χ4v) is 3.84. The van der Waals surface area contributed by atoms with E-state index in [4.69, 9.17) is 23.2 Å². The summed E-state index contributed by atoms with van der Waals surface area (Å²) in [6.45, 7) is 2.40. The average Bonchev–Trinajstić information content (AvgIpc) is 2.85. The molecule has 2 unspecified atom stereocenters. The van der Waals surface area contributed by atoms with Gasteiger partial charge in [0.2, 0.25) is 0 Å². The van der Waals surface area contributed by atoms with Crippen molar-refractivity contribution in [1.82, 2.24) is 9.88 Å². The van der Waals surface area contributed by atoms with Crippen LogP contribution in [0.4, 0.5) is 11.6 Å². The van der Waals surface area contributed by atoms with Crippen molar-refractivity contribution in [3.63, 3.8) is 0 Å². The number of halogens is 2. The summed E-state index contributed by atoms with van der Waals surface area (Å²) in [6, 6.07) is 2.80. The predicted octanol–water partition coefficient (Wildman–Crippen LogP) is 3.47. The molecule has 2 aliphatic heterocycles. The highest BCUT2D eigenvalue weighted by molar-refractivity contribution is 6.37. The van der Waals surface area contributed by atoms with E-state index in [9.17, 15) is 0 Å². The highest BCUT2D eigenvalue weighted by Crippen LogP contribution is 2.33. The maximum absolute atomic E-state index is 6.26. The van der Waals surface area contributed by atoms with Crippen LogP contribution in [0.2, 0.25) is 10.0 Å². The number of hydrogen-bond acceptors (Lipinski definition) is 4. The molecular weight excluding hydrogens is 295 g/mol. The normalized spacial score (nSPS) is 26.4. The van der Waals surface area contributed by atoms with Crippen molar-refractivity contribution in [1.29, 1.82) is 0 Å². The minimum atomic E-state index is 0.436. The Kier molecular flexibility index (Phi) is 4.24. The molecule has 3 rings (SSSR count). The number of aromatic nitrogens is 1. The van der Waals surface area contributed by atoms with Gasteiger partial charge in [-0.05, 0) is 31.9 Å². The third-order valence-electron chi connectivity index (χ3n) is 4.34. The number of anilines is 2. The molecular formula is C14H20Cl2N4. The van der Waals surface area contributed by atoms with E-state index < -0.39 is 0 Å². The molecule has 1 aromatic rings. The molecule has 0 aromatic carbocycles. The molecule has 0 aliphatic carbocycles. The lowest BCUT2D eigenvalue weighted by molar-refractivity contribution is 0.192. The summed E-state index contributed by atoms with van der Waals surface area (Å²) >= 11 is 12.3. The molecule has 20 heavy (non-hydrogen) atoms. The molecule has 6 heteroatoms. The number of piperidine rings is 1. The number of pyridine rings is 1. The quantitative estimate of drug-likeness (QED) is 0.896. The molecule has 0 radical (unpaired) electrons. The van der Waals surface area contributed by atoms with Gasteiger partial charge in [0.15, 0.2) is 0 Å². The molecule has 2 atom stereocenters. The van der Waals surface area contributed by atoms with Crippen LogP contribution in [-0.4, -0.2) is 42.1 Å². The van der Waals surface area contributed by atoms with E-state index in [1.165, 1.54) is 32.4 Å². The van der Waals surface area contributed by atoms with Crippen LogP contribution >= 0.6 is 23.2 Å². The molecule has 2 aliphatic rings. The van der Waals surface area contributed by atoms with Gasteiger partial charge in [-0.3, -0.25) is 4.90 Å². The predicted molar refractivity (Wildman–Crippen MR) is 85.0 cm³/mol. The van der Waals surface area contributed by atoms with Crippen LogP contribution in [0.3, 0.4) is 0 Å². The van der Waals surface area contributed by atoms with E-state index >= 15 is 0 Å². The zero-order chi connectivity index (χ0) is 14.1. The van der Waals surface area contributed by atoms with Crippen molar-refractivity contribution in [2.75, 3.05) is 30.8 Å². The zero-order valence-corrected chi connectivity index (χ0v) is 13.1. The molecule has 2 saturated heterocycles. The second kappa shape index (κ2) is 5.96. The number of nitrogens with zero attached hydrogens (tertiary/aromatic N) is 2. The van der Waals surface area contributed by atoms with Crippen LogP contribution in [0, 0.1) is 0 Å². The zero-order valence-electron chi connectivity index (χ0n) is 11.6. The Morgan fingerprint density at radius 1 is 1.15 bits per heavy atom. The largest absolute Gasteiger partial charge is 0.372 e. The monoisotopic (exact) mass is 314 g/mol. The van der Waals surface area contributed by atoms with Crippen LogP contribution in [0.25, 0.3) is 0 Å². The van der Waals surface area contributed by atoms with Gasteiger partial charge in [0.25, 0.3) is 0 Å². The third-order valence-corrected chi connectivity index (χ3v) is 4.92. The Morgan fingerprint density at radius 2 is 1.95 bits per heavy atom. The summed E-state index contributed by atoms with van der Waals surface area (Å²) in [7, 11) is 1.81. The Morgan fingerprint density at radius 3 is 2.75 bits per heavy atom. The Balaban J connectivity index is 1.77. The van der Waals surface area contributed by atoms with Crippen LogP contribution in [0.15, 0.2) is 6.07 Å². The summed E-state index contributed by atoms with van der Waals surface area (Å²) in [5, 5.41) is 7.66.